The Balaban J connectivity index is 1.52. The topological polar surface area (TPSA) is 101 Å². The number of aryl methyl sites for hydroxylation is 1. The molecule has 4 heterocycles. The van der Waals surface area contributed by atoms with Crippen LogP contribution in [0.3, 0.4) is 0 Å². The van der Waals surface area contributed by atoms with Crippen LogP contribution in [-0.2, 0) is 16.1 Å². The molecule has 0 aliphatic carbocycles. The van der Waals surface area contributed by atoms with E-state index in [0.717, 1.165) is 55.6 Å². The molecule has 2 aliphatic heterocycles. The zero-order chi connectivity index (χ0) is 22.7. The maximum absolute atomic E-state index is 13.3. The van der Waals surface area contributed by atoms with Crippen molar-refractivity contribution < 1.29 is 14.3 Å². The smallest absolute Gasteiger partial charge is 0.255 e. The van der Waals surface area contributed by atoms with Crippen molar-refractivity contribution in [3.05, 3.63) is 18.0 Å². The van der Waals surface area contributed by atoms with Gasteiger partial charge >= 0.3 is 0 Å². The van der Waals surface area contributed by atoms with Crippen LogP contribution in [0.1, 0.15) is 56.8 Å². The van der Waals surface area contributed by atoms with Crippen molar-refractivity contribution in [1.29, 1.82) is 0 Å². The lowest BCUT2D eigenvalue weighted by molar-refractivity contribution is -0.135. The lowest BCUT2D eigenvalue weighted by atomic mass is 10.0. The van der Waals surface area contributed by atoms with Crippen molar-refractivity contribution in [1.82, 2.24) is 25.0 Å². The zero-order valence-electron chi connectivity index (χ0n) is 19.3. The van der Waals surface area contributed by atoms with Gasteiger partial charge in [-0.3, -0.25) is 9.59 Å². The molecule has 2 saturated heterocycles. The Morgan fingerprint density at radius 1 is 1.12 bits per heavy atom. The molecule has 4 rings (SSSR count). The first kappa shape index (κ1) is 22.5. The highest BCUT2D eigenvalue weighted by Gasteiger charge is 2.27. The number of anilines is 1. The summed E-state index contributed by atoms with van der Waals surface area (Å²) in [4.78, 5) is 32.0. The fraction of sp³-hybridized carbons (Fsp3) is 0.652. The Morgan fingerprint density at radius 3 is 2.50 bits per heavy atom. The van der Waals surface area contributed by atoms with Crippen molar-refractivity contribution in [3.63, 3.8) is 0 Å². The number of carbonyl (C=O) groups is 2. The summed E-state index contributed by atoms with van der Waals surface area (Å²) in [5.41, 5.74) is 2.12. The van der Waals surface area contributed by atoms with Crippen LogP contribution in [0.15, 0.2) is 12.4 Å². The van der Waals surface area contributed by atoms with Crippen LogP contribution in [0, 0.1) is 5.92 Å². The highest BCUT2D eigenvalue weighted by Crippen LogP contribution is 2.28. The molecule has 2 amide bonds. The summed E-state index contributed by atoms with van der Waals surface area (Å²) in [6.45, 7) is 9.37. The molecule has 0 saturated carbocycles. The molecule has 0 radical (unpaired) electrons. The normalized spacial score (nSPS) is 18.3. The predicted octanol–water partition coefficient (Wildman–Crippen LogP) is 2.42. The number of ether oxygens (including phenoxy) is 1. The average Bonchev–Trinajstić information content (AvgIpc) is 3.23. The van der Waals surface area contributed by atoms with Gasteiger partial charge in [0.1, 0.15) is 0 Å². The molecule has 2 aromatic rings. The van der Waals surface area contributed by atoms with Crippen molar-refractivity contribution in [2.45, 2.75) is 65.1 Å². The van der Waals surface area contributed by atoms with Crippen molar-refractivity contribution in [2.75, 3.05) is 31.6 Å². The van der Waals surface area contributed by atoms with E-state index in [-0.39, 0.29) is 29.8 Å². The van der Waals surface area contributed by atoms with Crippen molar-refractivity contribution in [2.24, 2.45) is 5.92 Å². The SMILES string of the molecule is CCn1ncc2c(NC3CCOCC3)c(C(=O)NC3CCN(C(=O)C(C)C)CC3)cnc21. The molecule has 9 heteroatoms. The minimum absolute atomic E-state index is 0.00167. The first-order valence-corrected chi connectivity index (χ1v) is 11.8. The van der Waals surface area contributed by atoms with Gasteiger partial charge in [-0.1, -0.05) is 13.8 Å². The number of aromatic nitrogens is 3. The molecule has 32 heavy (non-hydrogen) atoms. The highest BCUT2D eigenvalue weighted by atomic mass is 16.5. The van der Waals surface area contributed by atoms with Gasteiger partial charge in [-0.15, -0.1) is 0 Å². The quantitative estimate of drug-likeness (QED) is 0.713. The molecule has 0 spiro atoms. The summed E-state index contributed by atoms with van der Waals surface area (Å²) in [5.74, 6) is 0.0500. The molecule has 0 atom stereocenters. The lowest BCUT2D eigenvalue weighted by Gasteiger charge is -2.33. The first-order valence-electron chi connectivity index (χ1n) is 11.8. The molecule has 174 valence electrons. The van der Waals surface area contributed by atoms with Crippen LogP contribution in [-0.4, -0.2) is 69.9 Å². The fourth-order valence-corrected chi connectivity index (χ4v) is 4.50. The number of likely N-dealkylation sites (tertiary alicyclic amines) is 1. The number of carbonyl (C=O) groups excluding carboxylic acids is 2. The fourth-order valence-electron chi connectivity index (χ4n) is 4.50. The molecule has 0 bridgehead atoms. The van der Waals surface area contributed by atoms with Gasteiger partial charge in [-0.2, -0.15) is 5.10 Å². The van der Waals surface area contributed by atoms with E-state index in [0.29, 0.717) is 25.2 Å². The number of piperidine rings is 1. The lowest BCUT2D eigenvalue weighted by Crippen LogP contribution is -2.47. The third kappa shape index (κ3) is 4.72. The van der Waals surface area contributed by atoms with E-state index in [4.69, 9.17) is 4.74 Å². The molecule has 0 aromatic carbocycles. The Kier molecular flexibility index (Phi) is 6.93. The van der Waals surface area contributed by atoms with E-state index in [1.165, 1.54) is 0 Å². The number of rotatable bonds is 6. The summed E-state index contributed by atoms with van der Waals surface area (Å²) >= 11 is 0. The van der Waals surface area contributed by atoms with Gasteiger partial charge in [0.2, 0.25) is 5.91 Å². The number of nitrogens with zero attached hydrogens (tertiary/aromatic N) is 4. The monoisotopic (exact) mass is 442 g/mol. The Morgan fingerprint density at radius 2 is 1.84 bits per heavy atom. The largest absolute Gasteiger partial charge is 0.381 e. The molecule has 0 unspecified atom stereocenters. The standard InChI is InChI=1S/C23H34N6O3/c1-4-29-21-18(14-25-29)20(26-17-7-11-32-12-8-17)19(13-24-21)22(30)27-16-5-9-28(10-6-16)23(31)15(2)3/h13-17H,4-12H2,1-3H3,(H,24,26)(H,27,30). The van der Waals surface area contributed by atoms with Crippen molar-refractivity contribution in [3.8, 4) is 0 Å². The molecule has 2 fully saturated rings. The second-order valence-electron chi connectivity index (χ2n) is 9.00. The maximum atomic E-state index is 13.3. The summed E-state index contributed by atoms with van der Waals surface area (Å²) in [6, 6.07) is 0.292. The molecule has 2 aliphatic rings. The van der Waals surface area contributed by atoms with Gasteiger partial charge in [-0.25, -0.2) is 9.67 Å². The molecule has 9 nitrogen and oxygen atoms in total. The minimum Gasteiger partial charge on any atom is -0.381 e. The first-order chi connectivity index (χ1) is 15.5. The Hall–Kier alpha value is -2.68. The van der Waals surface area contributed by atoms with Gasteiger partial charge in [0.15, 0.2) is 5.65 Å². The molecular weight excluding hydrogens is 408 g/mol. The Labute approximate surface area is 188 Å². The number of nitrogens with one attached hydrogen (secondary N) is 2. The maximum Gasteiger partial charge on any atom is 0.255 e. The number of hydrogen-bond acceptors (Lipinski definition) is 6. The van der Waals surface area contributed by atoms with Gasteiger partial charge in [-0.05, 0) is 32.6 Å². The Bertz CT molecular complexity index is 958. The van der Waals surface area contributed by atoms with Crippen LogP contribution >= 0.6 is 0 Å². The molecular formula is C23H34N6O3. The number of pyridine rings is 1. The van der Waals surface area contributed by atoms with E-state index >= 15 is 0 Å². The summed E-state index contributed by atoms with van der Waals surface area (Å²) < 4.78 is 7.33. The molecule has 2 aromatic heterocycles. The summed E-state index contributed by atoms with van der Waals surface area (Å²) in [6.07, 6.45) is 6.77. The number of hydrogen-bond donors (Lipinski definition) is 2. The van der Waals surface area contributed by atoms with Crippen LogP contribution in [0.4, 0.5) is 5.69 Å². The summed E-state index contributed by atoms with van der Waals surface area (Å²) in [5, 5.41) is 12.1. The van der Waals surface area contributed by atoms with E-state index in [1.807, 2.05) is 30.4 Å². The van der Waals surface area contributed by atoms with Crippen LogP contribution in [0.2, 0.25) is 0 Å². The van der Waals surface area contributed by atoms with Crippen LogP contribution in [0.5, 0.6) is 0 Å². The van der Waals surface area contributed by atoms with Gasteiger partial charge < -0.3 is 20.3 Å². The second-order valence-corrected chi connectivity index (χ2v) is 9.00. The van der Waals surface area contributed by atoms with E-state index < -0.39 is 0 Å². The van der Waals surface area contributed by atoms with E-state index in [1.54, 1.807) is 12.4 Å². The van der Waals surface area contributed by atoms with E-state index in [2.05, 4.69) is 20.7 Å². The van der Waals surface area contributed by atoms with Gasteiger partial charge in [0.05, 0.1) is 22.8 Å². The zero-order valence-corrected chi connectivity index (χ0v) is 19.3. The van der Waals surface area contributed by atoms with E-state index in [9.17, 15) is 9.59 Å². The third-order valence-corrected chi connectivity index (χ3v) is 6.42. The van der Waals surface area contributed by atoms with Gasteiger partial charge in [0.25, 0.3) is 5.91 Å². The summed E-state index contributed by atoms with van der Waals surface area (Å²) in [7, 11) is 0. The van der Waals surface area contributed by atoms with Crippen LogP contribution in [0.25, 0.3) is 11.0 Å². The van der Waals surface area contributed by atoms with Crippen molar-refractivity contribution >= 4 is 28.5 Å². The number of fused-ring (bicyclic) bond motifs is 1. The predicted molar refractivity (Wildman–Crippen MR) is 123 cm³/mol. The second kappa shape index (κ2) is 9.85. The van der Waals surface area contributed by atoms with Gasteiger partial charge in [0, 0.05) is 57.0 Å². The number of amides is 2. The third-order valence-electron chi connectivity index (χ3n) is 6.42. The molecule has 2 N–H and O–H groups in total. The average molecular weight is 443 g/mol. The van der Waals surface area contributed by atoms with Crippen LogP contribution < -0.4 is 10.6 Å². The highest BCUT2D eigenvalue weighted by molar-refractivity contribution is 6.06. The minimum atomic E-state index is -0.133.